The lowest BCUT2D eigenvalue weighted by Crippen LogP contribution is -2.28. The van der Waals surface area contributed by atoms with Gasteiger partial charge in [0, 0.05) is 26.0 Å². The number of nitrogens with zero attached hydrogens (tertiary/aromatic N) is 2. The van der Waals surface area contributed by atoms with Gasteiger partial charge in [-0.25, -0.2) is 0 Å². The van der Waals surface area contributed by atoms with Crippen LogP contribution in [0.1, 0.15) is 35.2 Å². The average Bonchev–Trinajstić information content (AvgIpc) is 2.33. The Balaban J connectivity index is 2.46. The summed E-state index contributed by atoms with van der Waals surface area (Å²) in [6, 6.07) is 1.87. The van der Waals surface area contributed by atoms with E-state index in [1.807, 2.05) is 20.0 Å². The van der Waals surface area contributed by atoms with Crippen LogP contribution in [-0.4, -0.2) is 35.9 Å². The Morgan fingerprint density at radius 3 is 2.76 bits per heavy atom. The van der Waals surface area contributed by atoms with E-state index in [1.54, 1.807) is 17.3 Å². The Bertz CT molecular complexity index is 365. The van der Waals surface area contributed by atoms with Gasteiger partial charge in [-0.05, 0) is 37.9 Å². The zero-order valence-corrected chi connectivity index (χ0v) is 10.6. The monoisotopic (exact) mass is 235 g/mol. The van der Waals surface area contributed by atoms with E-state index in [9.17, 15) is 4.79 Å². The summed E-state index contributed by atoms with van der Waals surface area (Å²) in [6.07, 6.45) is 6.46. The fraction of sp³-hybridized carbons (Fsp3) is 0.538. The first-order valence-electron chi connectivity index (χ1n) is 6.02. The fourth-order valence-electron chi connectivity index (χ4n) is 1.66. The topological polar surface area (TPSA) is 59.2 Å². The molecule has 1 rings (SSSR count). The van der Waals surface area contributed by atoms with Crippen LogP contribution in [0.25, 0.3) is 0 Å². The zero-order valence-electron chi connectivity index (χ0n) is 10.6. The van der Waals surface area contributed by atoms with Crippen molar-refractivity contribution < 1.29 is 4.79 Å². The standard InChI is InChI=1S/C13H21N3O/c1-11-8-12(10-15-9-11)13(17)16(2)7-5-3-4-6-14/h8-10H,3-7,14H2,1-2H3. The molecule has 0 aromatic carbocycles. The second-order valence-electron chi connectivity index (χ2n) is 4.33. The highest BCUT2D eigenvalue weighted by atomic mass is 16.2. The van der Waals surface area contributed by atoms with Crippen molar-refractivity contribution in [1.29, 1.82) is 0 Å². The molecule has 0 spiro atoms. The smallest absolute Gasteiger partial charge is 0.255 e. The van der Waals surface area contributed by atoms with Crippen LogP contribution in [0.15, 0.2) is 18.5 Å². The van der Waals surface area contributed by atoms with Crippen molar-refractivity contribution >= 4 is 5.91 Å². The Kier molecular flexibility index (Phi) is 5.63. The van der Waals surface area contributed by atoms with Gasteiger partial charge in [-0.15, -0.1) is 0 Å². The summed E-state index contributed by atoms with van der Waals surface area (Å²) < 4.78 is 0. The first kappa shape index (κ1) is 13.6. The minimum absolute atomic E-state index is 0.0361. The molecule has 0 saturated carbocycles. The van der Waals surface area contributed by atoms with E-state index in [1.165, 1.54) is 0 Å². The normalized spacial score (nSPS) is 10.3. The van der Waals surface area contributed by atoms with Crippen molar-refractivity contribution in [2.45, 2.75) is 26.2 Å². The fourth-order valence-corrected chi connectivity index (χ4v) is 1.66. The molecule has 1 aromatic heterocycles. The van der Waals surface area contributed by atoms with Gasteiger partial charge in [-0.3, -0.25) is 9.78 Å². The molecule has 17 heavy (non-hydrogen) atoms. The van der Waals surface area contributed by atoms with Crippen LogP contribution in [0, 0.1) is 6.92 Å². The van der Waals surface area contributed by atoms with Crippen LogP contribution in [0.3, 0.4) is 0 Å². The summed E-state index contributed by atoms with van der Waals surface area (Å²) >= 11 is 0. The molecular formula is C13H21N3O. The minimum atomic E-state index is 0.0361. The highest BCUT2D eigenvalue weighted by Gasteiger charge is 2.11. The number of unbranched alkanes of at least 4 members (excludes halogenated alkanes) is 2. The van der Waals surface area contributed by atoms with Crippen LogP contribution >= 0.6 is 0 Å². The molecule has 0 bridgehead atoms. The number of aromatic nitrogens is 1. The molecule has 1 amide bonds. The van der Waals surface area contributed by atoms with Crippen LogP contribution < -0.4 is 5.73 Å². The first-order chi connectivity index (χ1) is 8.15. The lowest BCUT2D eigenvalue weighted by molar-refractivity contribution is 0.0792. The van der Waals surface area contributed by atoms with Crippen molar-refractivity contribution in [2.75, 3.05) is 20.1 Å². The van der Waals surface area contributed by atoms with Gasteiger partial charge in [0.1, 0.15) is 0 Å². The van der Waals surface area contributed by atoms with Gasteiger partial charge < -0.3 is 10.6 Å². The van der Waals surface area contributed by atoms with Gasteiger partial charge in [0.25, 0.3) is 5.91 Å². The van der Waals surface area contributed by atoms with E-state index in [4.69, 9.17) is 5.73 Å². The first-order valence-corrected chi connectivity index (χ1v) is 6.02. The van der Waals surface area contributed by atoms with Crippen molar-refractivity contribution in [3.8, 4) is 0 Å². The lowest BCUT2D eigenvalue weighted by Gasteiger charge is -2.17. The maximum absolute atomic E-state index is 12.0. The quantitative estimate of drug-likeness (QED) is 0.762. The molecule has 2 N–H and O–H groups in total. The van der Waals surface area contributed by atoms with Gasteiger partial charge in [0.2, 0.25) is 0 Å². The minimum Gasteiger partial charge on any atom is -0.342 e. The summed E-state index contributed by atoms with van der Waals surface area (Å²) in [4.78, 5) is 17.8. The largest absolute Gasteiger partial charge is 0.342 e. The van der Waals surface area contributed by atoms with Crippen molar-refractivity contribution in [3.05, 3.63) is 29.6 Å². The van der Waals surface area contributed by atoms with E-state index in [-0.39, 0.29) is 5.91 Å². The molecule has 0 radical (unpaired) electrons. The number of hydrogen-bond acceptors (Lipinski definition) is 3. The molecule has 4 heteroatoms. The van der Waals surface area contributed by atoms with Crippen molar-refractivity contribution in [3.63, 3.8) is 0 Å². The predicted octanol–water partition coefficient (Wildman–Crippen LogP) is 1.59. The van der Waals surface area contributed by atoms with Gasteiger partial charge in [-0.1, -0.05) is 6.42 Å². The predicted molar refractivity (Wildman–Crippen MR) is 68.8 cm³/mol. The molecule has 0 fully saturated rings. The Morgan fingerprint density at radius 1 is 1.35 bits per heavy atom. The van der Waals surface area contributed by atoms with Gasteiger partial charge in [-0.2, -0.15) is 0 Å². The van der Waals surface area contributed by atoms with E-state index in [0.717, 1.165) is 37.9 Å². The average molecular weight is 235 g/mol. The van der Waals surface area contributed by atoms with Gasteiger partial charge in [0.15, 0.2) is 0 Å². The Hall–Kier alpha value is -1.42. The molecule has 0 aliphatic heterocycles. The summed E-state index contributed by atoms with van der Waals surface area (Å²) in [5.41, 5.74) is 7.09. The molecular weight excluding hydrogens is 214 g/mol. The van der Waals surface area contributed by atoms with Gasteiger partial charge in [0.05, 0.1) is 5.56 Å². The molecule has 1 aromatic rings. The maximum atomic E-state index is 12.0. The molecule has 4 nitrogen and oxygen atoms in total. The molecule has 94 valence electrons. The molecule has 0 aliphatic carbocycles. The van der Waals surface area contributed by atoms with Crippen LogP contribution in [-0.2, 0) is 0 Å². The number of hydrogen-bond donors (Lipinski definition) is 1. The SMILES string of the molecule is Cc1cncc(C(=O)N(C)CCCCCN)c1. The summed E-state index contributed by atoms with van der Waals surface area (Å²) in [7, 11) is 1.83. The third-order valence-corrected chi connectivity index (χ3v) is 2.67. The number of carbonyl (C=O) groups excluding carboxylic acids is 1. The van der Waals surface area contributed by atoms with E-state index in [0.29, 0.717) is 5.56 Å². The van der Waals surface area contributed by atoms with Crippen LogP contribution in [0.2, 0.25) is 0 Å². The number of rotatable bonds is 6. The number of amides is 1. The van der Waals surface area contributed by atoms with Crippen molar-refractivity contribution in [2.24, 2.45) is 5.73 Å². The molecule has 1 heterocycles. The number of pyridine rings is 1. The molecule has 0 atom stereocenters. The number of aryl methyl sites for hydroxylation is 1. The highest BCUT2D eigenvalue weighted by molar-refractivity contribution is 5.93. The van der Waals surface area contributed by atoms with E-state index >= 15 is 0 Å². The highest BCUT2D eigenvalue weighted by Crippen LogP contribution is 2.06. The second kappa shape index (κ2) is 7.01. The van der Waals surface area contributed by atoms with E-state index < -0.39 is 0 Å². The molecule has 0 aliphatic rings. The Labute approximate surface area is 103 Å². The molecule has 0 unspecified atom stereocenters. The van der Waals surface area contributed by atoms with Crippen LogP contribution in [0.4, 0.5) is 0 Å². The van der Waals surface area contributed by atoms with Gasteiger partial charge >= 0.3 is 0 Å². The lowest BCUT2D eigenvalue weighted by atomic mass is 10.2. The zero-order chi connectivity index (χ0) is 12.7. The molecule has 0 saturated heterocycles. The maximum Gasteiger partial charge on any atom is 0.255 e. The second-order valence-corrected chi connectivity index (χ2v) is 4.33. The number of carbonyl (C=O) groups is 1. The van der Waals surface area contributed by atoms with Crippen LogP contribution in [0.5, 0.6) is 0 Å². The summed E-state index contributed by atoms with van der Waals surface area (Å²) in [6.45, 7) is 3.43. The Morgan fingerprint density at radius 2 is 2.12 bits per heavy atom. The number of nitrogens with two attached hydrogens (primary N) is 1. The van der Waals surface area contributed by atoms with E-state index in [2.05, 4.69) is 4.98 Å². The summed E-state index contributed by atoms with van der Waals surface area (Å²) in [5, 5.41) is 0. The van der Waals surface area contributed by atoms with Crippen molar-refractivity contribution in [1.82, 2.24) is 9.88 Å². The summed E-state index contributed by atoms with van der Waals surface area (Å²) in [5.74, 6) is 0.0361. The third kappa shape index (κ3) is 4.53. The third-order valence-electron chi connectivity index (χ3n) is 2.67.